The van der Waals surface area contributed by atoms with Gasteiger partial charge in [0, 0.05) is 17.0 Å². The van der Waals surface area contributed by atoms with Gasteiger partial charge in [-0.2, -0.15) is 0 Å². The predicted octanol–water partition coefficient (Wildman–Crippen LogP) is 4.34. The molecule has 0 atom stereocenters. The van der Waals surface area contributed by atoms with E-state index in [0.29, 0.717) is 11.2 Å². The van der Waals surface area contributed by atoms with Crippen LogP contribution in [0.4, 0.5) is 5.82 Å². The Hall–Kier alpha value is -0.830. The quantitative estimate of drug-likeness (QED) is 0.827. The Labute approximate surface area is 115 Å². The van der Waals surface area contributed by atoms with E-state index in [1.807, 2.05) is 6.92 Å². The molecule has 0 saturated carbocycles. The molecule has 0 spiro atoms. The molecule has 0 saturated heterocycles. The fourth-order valence-electron chi connectivity index (χ4n) is 1.65. The maximum Gasteiger partial charge on any atom is 0.137 e. The first-order chi connectivity index (χ1) is 8.29. The lowest BCUT2D eigenvalue weighted by atomic mass is 9.95. The summed E-state index contributed by atoms with van der Waals surface area (Å²) in [4.78, 5) is 9.01. The van der Waals surface area contributed by atoms with E-state index in [1.54, 1.807) is 0 Å². The third kappa shape index (κ3) is 3.58. The normalized spacial score (nSPS) is 12.0. The van der Waals surface area contributed by atoms with E-state index in [9.17, 15) is 0 Å². The van der Waals surface area contributed by atoms with E-state index < -0.39 is 0 Å². The fourth-order valence-corrected chi connectivity index (χ4v) is 1.82. The van der Waals surface area contributed by atoms with Crippen molar-refractivity contribution in [1.82, 2.24) is 9.97 Å². The Balaban J connectivity index is 3.14. The van der Waals surface area contributed by atoms with E-state index in [0.717, 1.165) is 30.0 Å². The van der Waals surface area contributed by atoms with Crippen LogP contribution < -0.4 is 5.32 Å². The van der Waals surface area contributed by atoms with Crippen molar-refractivity contribution in [1.29, 1.82) is 0 Å². The van der Waals surface area contributed by atoms with Crippen LogP contribution in [0, 0.1) is 6.92 Å². The van der Waals surface area contributed by atoms with Crippen LogP contribution in [0.25, 0.3) is 0 Å². The van der Waals surface area contributed by atoms with Crippen molar-refractivity contribution >= 4 is 17.4 Å². The Morgan fingerprint density at radius 3 is 2.17 bits per heavy atom. The van der Waals surface area contributed by atoms with Crippen molar-refractivity contribution < 1.29 is 0 Å². The van der Waals surface area contributed by atoms with E-state index in [4.69, 9.17) is 11.6 Å². The summed E-state index contributed by atoms with van der Waals surface area (Å²) in [6.45, 7) is 12.6. The molecule has 1 N–H and O–H groups in total. The zero-order valence-corrected chi connectivity index (χ0v) is 13.0. The molecule has 1 aromatic rings. The Morgan fingerprint density at radius 1 is 1.17 bits per heavy atom. The number of hydrogen-bond donors (Lipinski definition) is 1. The van der Waals surface area contributed by atoms with Crippen molar-refractivity contribution in [2.75, 3.05) is 5.32 Å². The molecule has 0 aliphatic rings. The maximum absolute atomic E-state index is 6.20. The average Bonchev–Trinajstić information content (AvgIpc) is 2.29. The van der Waals surface area contributed by atoms with Gasteiger partial charge in [0.25, 0.3) is 0 Å². The van der Waals surface area contributed by atoms with Gasteiger partial charge in [-0.1, -0.05) is 46.2 Å². The molecule has 102 valence electrons. The minimum atomic E-state index is -0.0955. The van der Waals surface area contributed by atoms with Gasteiger partial charge < -0.3 is 5.32 Å². The predicted molar refractivity (Wildman–Crippen MR) is 78.5 cm³/mol. The first-order valence-corrected chi connectivity index (χ1v) is 6.98. The molecule has 1 rings (SSSR count). The molecule has 0 aromatic carbocycles. The third-order valence-electron chi connectivity index (χ3n) is 3.08. The van der Waals surface area contributed by atoms with Crippen LogP contribution in [-0.2, 0) is 5.41 Å². The van der Waals surface area contributed by atoms with Gasteiger partial charge in [0.05, 0.1) is 0 Å². The van der Waals surface area contributed by atoms with Gasteiger partial charge >= 0.3 is 0 Å². The number of anilines is 1. The SMILES string of the molecule is CCC(CC)Nc1nc(C(C)(C)C)nc(Cl)c1C. The second kappa shape index (κ2) is 5.87. The molecule has 0 radical (unpaired) electrons. The minimum absolute atomic E-state index is 0.0955. The standard InChI is InChI=1S/C14H24ClN3/c1-7-10(8-2)16-12-9(3)11(15)17-13(18-12)14(4,5)6/h10H,7-8H2,1-6H3,(H,16,17,18). The molecule has 3 nitrogen and oxygen atoms in total. The van der Waals surface area contributed by atoms with Gasteiger partial charge in [-0.25, -0.2) is 9.97 Å². The number of aromatic nitrogens is 2. The molecule has 4 heteroatoms. The van der Waals surface area contributed by atoms with Crippen LogP contribution in [0.5, 0.6) is 0 Å². The summed E-state index contributed by atoms with van der Waals surface area (Å²) < 4.78 is 0. The van der Waals surface area contributed by atoms with Gasteiger partial charge in [0.15, 0.2) is 0 Å². The minimum Gasteiger partial charge on any atom is -0.367 e. The van der Waals surface area contributed by atoms with Crippen molar-refractivity contribution in [2.24, 2.45) is 0 Å². The summed E-state index contributed by atoms with van der Waals surface area (Å²) in [6, 6.07) is 0.433. The Morgan fingerprint density at radius 2 is 1.72 bits per heavy atom. The van der Waals surface area contributed by atoms with Crippen molar-refractivity contribution in [2.45, 2.75) is 65.8 Å². The number of rotatable bonds is 4. The first-order valence-electron chi connectivity index (χ1n) is 6.60. The fraction of sp³-hybridized carbons (Fsp3) is 0.714. The van der Waals surface area contributed by atoms with Crippen molar-refractivity contribution in [3.63, 3.8) is 0 Å². The van der Waals surface area contributed by atoms with Gasteiger partial charge in [-0.15, -0.1) is 0 Å². The van der Waals surface area contributed by atoms with Crippen LogP contribution in [-0.4, -0.2) is 16.0 Å². The van der Waals surface area contributed by atoms with Crippen LogP contribution in [0.3, 0.4) is 0 Å². The second-order valence-corrected chi connectivity index (χ2v) is 6.08. The van der Waals surface area contributed by atoms with Gasteiger partial charge in [-0.3, -0.25) is 0 Å². The summed E-state index contributed by atoms with van der Waals surface area (Å²) >= 11 is 6.20. The maximum atomic E-state index is 6.20. The smallest absolute Gasteiger partial charge is 0.137 e. The average molecular weight is 270 g/mol. The van der Waals surface area contributed by atoms with Crippen molar-refractivity contribution in [3.05, 3.63) is 16.5 Å². The van der Waals surface area contributed by atoms with Crippen LogP contribution in [0.15, 0.2) is 0 Å². The second-order valence-electron chi connectivity index (χ2n) is 5.72. The highest BCUT2D eigenvalue weighted by Crippen LogP contribution is 2.26. The molecule has 0 aliphatic heterocycles. The van der Waals surface area contributed by atoms with Crippen LogP contribution in [0.1, 0.15) is 58.8 Å². The number of nitrogens with one attached hydrogen (secondary N) is 1. The number of nitrogens with zero attached hydrogens (tertiary/aromatic N) is 2. The highest BCUT2D eigenvalue weighted by molar-refractivity contribution is 6.30. The number of halogens is 1. The summed E-state index contributed by atoms with van der Waals surface area (Å²) in [5.41, 5.74) is 0.832. The molecule has 0 bridgehead atoms. The van der Waals surface area contributed by atoms with Crippen LogP contribution >= 0.6 is 11.6 Å². The summed E-state index contributed by atoms with van der Waals surface area (Å²) in [6.07, 6.45) is 2.14. The lowest BCUT2D eigenvalue weighted by Crippen LogP contribution is -2.22. The lowest BCUT2D eigenvalue weighted by Gasteiger charge is -2.22. The highest BCUT2D eigenvalue weighted by atomic mass is 35.5. The largest absolute Gasteiger partial charge is 0.367 e. The van der Waals surface area contributed by atoms with E-state index >= 15 is 0 Å². The lowest BCUT2D eigenvalue weighted by molar-refractivity contribution is 0.544. The molecule has 0 fully saturated rings. The molecule has 18 heavy (non-hydrogen) atoms. The molecule has 1 heterocycles. The topological polar surface area (TPSA) is 37.8 Å². The summed E-state index contributed by atoms with van der Waals surface area (Å²) in [5, 5.41) is 4.01. The van der Waals surface area contributed by atoms with E-state index in [1.165, 1.54) is 0 Å². The van der Waals surface area contributed by atoms with E-state index in [2.05, 4.69) is 49.9 Å². The third-order valence-corrected chi connectivity index (χ3v) is 3.45. The van der Waals surface area contributed by atoms with Gasteiger partial charge in [0.1, 0.15) is 16.8 Å². The first kappa shape index (κ1) is 15.2. The van der Waals surface area contributed by atoms with Gasteiger partial charge in [0.2, 0.25) is 0 Å². The summed E-state index contributed by atoms with van der Waals surface area (Å²) in [5.74, 6) is 1.65. The monoisotopic (exact) mass is 269 g/mol. The van der Waals surface area contributed by atoms with Crippen molar-refractivity contribution in [3.8, 4) is 0 Å². The molecule has 0 amide bonds. The number of hydrogen-bond acceptors (Lipinski definition) is 3. The zero-order chi connectivity index (χ0) is 13.9. The van der Waals surface area contributed by atoms with Gasteiger partial charge in [-0.05, 0) is 19.8 Å². The Bertz CT molecular complexity index is 406. The van der Waals surface area contributed by atoms with Crippen LogP contribution in [0.2, 0.25) is 5.15 Å². The molecule has 1 aromatic heterocycles. The zero-order valence-electron chi connectivity index (χ0n) is 12.3. The molecule has 0 unspecified atom stereocenters. The molecular weight excluding hydrogens is 246 g/mol. The van der Waals surface area contributed by atoms with E-state index in [-0.39, 0.29) is 5.41 Å². The summed E-state index contributed by atoms with van der Waals surface area (Å²) in [7, 11) is 0. The highest BCUT2D eigenvalue weighted by Gasteiger charge is 2.21. The molecular formula is C14H24ClN3. The Kier molecular flexibility index (Phi) is 4.97. The molecule has 0 aliphatic carbocycles.